The lowest BCUT2D eigenvalue weighted by atomic mass is 10.1. The van der Waals surface area contributed by atoms with Crippen LogP contribution in [0.1, 0.15) is 21.5 Å². The molecule has 0 aliphatic heterocycles. The first kappa shape index (κ1) is 13.1. The molecule has 0 aromatic heterocycles. The summed E-state index contributed by atoms with van der Waals surface area (Å²) in [5.74, 6) is -1.08. The van der Waals surface area contributed by atoms with Crippen LogP contribution in [0.5, 0.6) is 5.75 Å². The van der Waals surface area contributed by atoms with E-state index >= 15 is 0 Å². The third kappa shape index (κ3) is 3.31. The van der Waals surface area contributed by atoms with Crippen LogP contribution in [0.4, 0.5) is 4.39 Å². The van der Waals surface area contributed by atoms with Crippen molar-refractivity contribution in [3.63, 3.8) is 0 Å². The van der Waals surface area contributed by atoms with Gasteiger partial charge in [-0.3, -0.25) is 0 Å². The third-order valence-corrected chi connectivity index (χ3v) is 2.69. The second kappa shape index (κ2) is 5.52. The highest BCUT2D eigenvalue weighted by atomic mass is 19.1. The molecule has 1 N–H and O–H groups in total. The fourth-order valence-corrected chi connectivity index (χ4v) is 1.74. The molecule has 98 valence electrons. The molecule has 3 nitrogen and oxygen atoms in total. The van der Waals surface area contributed by atoms with Gasteiger partial charge in [-0.25, -0.2) is 9.18 Å². The minimum atomic E-state index is -1.16. The molecule has 0 atom stereocenters. The van der Waals surface area contributed by atoms with Crippen molar-refractivity contribution in [2.75, 3.05) is 0 Å². The van der Waals surface area contributed by atoms with Gasteiger partial charge >= 0.3 is 5.97 Å². The summed E-state index contributed by atoms with van der Waals surface area (Å²) in [5.41, 5.74) is 1.41. The van der Waals surface area contributed by atoms with Crippen molar-refractivity contribution in [1.82, 2.24) is 0 Å². The van der Waals surface area contributed by atoms with Crippen LogP contribution in [-0.4, -0.2) is 11.1 Å². The molecule has 0 aliphatic carbocycles. The Labute approximate surface area is 110 Å². The summed E-state index contributed by atoms with van der Waals surface area (Å²) >= 11 is 0. The molecule has 0 spiro atoms. The van der Waals surface area contributed by atoms with Crippen molar-refractivity contribution in [1.29, 1.82) is 0 Å². The Morgan fingerprint density at radius 1 is 1.26 bits per heavy atom. The summed E-state index contributed by atoms with van der Waals surface area (Å²) in [7, 11) is 0. The number of hydrogen-bond donors (Lipinski definition) is 1. The fraction of sp³-hybridized carbons (Fsp3) is 0.133. The second-order valence-electron chi connectivity index (χ2n) is 4.21. The molecule has 0 unspecified atom stereocenters. The number of aryl methyl sites for hydroxylation is 1. The number of hydrogen-bond acceptors (Lipinski definition) is 2. The summed E-state index contributed by atoms with van der Waals surface area (Å²) in [4.78, 5) is 11.0. The van der Waals surface area contributed by atoms with Gasteiger partial charge in [0.2, 0.25) is 0 Å². The number of aromatic carboxylic acids is 1. The van der Waals surface area contributed by atoms with E-state index in [0.29, 0.717) is 11.3 Å². The maximum atomic E-state index is 13.0. The minimum Gasteiger partial charge on any atom is -0.489 e. The van der Waals surface area contributed by atoms with E-state index < -0.39 is 11.8 Å². The molecule has 0 heterocycles. The smallest absolute Gasteiger partial charge is 0.336 e. The summed E-state index contributed by atoms with van der Waals surface area (Å²) in [6, 6.07) is 11.1. The molecule has 4 heteroatoms. The predicted molar refractivity (Wildman–Crippen MR) is 68.9 cm³/mol. The quantitative estimate of drug-likeness (QED) is 0.916. The number of carbonyl (C=O) groups is 1. The Bertz CT molecular complexity index is 608. The molecule has 19 heavy (non-hydrogen) atoms. The Balaban J connectivity index is 2.17. The molecule has 2 aromatic carbocycles. The van der Waals surface area contributed by atoms with Gasteiger partial charge in [-0.15, -0.1) is 0 Å². The lowest BCUT2D eigenvalue weighted by molar-refractivity contribution is 0.0693. The highest BCUT2D eigenvalue weighted by Gasteiger charge is 2.11. The Morgan fingerprint density at radius 3 is 2.74 bits per heavy atom. The van der Waals surface area contributed by atoms with Gasteiger partial charge in [0.1, 0.15) is 18.2 Å². The second-order valence-corrected chi connectivity index (χ2v) is 4.21. The molecule has 0 saturated heterocycles. The first-order chi connectivity index (χ1) is 9.06. The van der Waals surface area contributed by atoms with Crippen molar-refractivity contribution in [2.45, 2.75) is 13.5 Å². The largest absolute Gasteiger partial charge is 0.489 e. The topological polar surface area (TPSA) is 46.5 Å². The average Bonchev–Trinajstić information content (AvgIpc) is 2.37. The molecular weight excluding hydrogens is 247 g/mol. The summed E-state index contributed by atoms with van der Waals surface area (Å²) in [5, 5.41) is 9.01. The van der Waals surface area contributed by atoms with E-state index in [2.05, 4.69) is 0 Å². The SMILES string of the molecule is Cc1cccc(OCc2ccc(F)cc2C(=O)O)c1. The van der Waals surface area contributed by atoms with Crippen LogP contribution in [0.15, 0.2) is 42.5 Å². The first-order valence-corrected chi connectivity index (χ1v) is 5.77. The number of halogens is 1. The van der Waals surface area contributed by atoms with Crippen LogP contribution in [0, 0.1) is 12.7 Å². The lowest BCUT2D eigenvalue weighted by Gasteiger charge is -2.09. The molecule has 0 amide bonds. The van der Waals surface area contributed by atoms with Gasteiger partial charge in [0, 0.05) is 5.56 Å². The highest BCUT2D eigenvalue weighted by molar-refractivity contribution is 5.89. The fourth-order valence-electron chi connectivity index (χ4n) is 1.74. The number of carboxylic acid groups (broad SMARTS) is 1. The monoisotopic (exact) mass is 260 g/mol. The van der Waals surface area contributed by atoms with Crippen LogP contribution < -0.4 is 4.74 Å². The maximum Gasteiger partial charge on any atom is 0.336 e. The highest BCUT2D eigenvalue weighted by Crippen LogP contribution is 2.17. The van der Waals surface area contributed by atoms with Gasteiger partial charge in [0.25, 0.3) is 0 Å². The van der Waals surface area contributed by atoms with E-state index in [4.69, 9.17) is 9.84 Å². The molecule has 0 bridgehead atoms. The lowest BCUT2D eigenvalue weighted by Crippen LogP contribution is -2.06. The molecule has 0 radical (unpaired) electrons. The summed E-state index contributed by atoms with van der Waals surface area (Å²) in [6.45, 7) is 2.03. The molecule has 0 aliphatic rings. The van der Waals surface area contributed by atoms with Gasteiger partial charge < -0.3 is 9.84 Å². The number of carboxylic acids is 1. The summed E-state index contributed by atoms with van der Waals surface area (Å²) in [6.07, 6.45) is 0. The maximum absolute atomic E-state index is 13.0. The van der Waals surface area contributed by atoms with E-state index in [1.54, 1.807) is 6.07 Å². The van der Waals surface area contributed by atoms with Crippen molar-refractivity contribution < 1.29 is 19.0 Å². The molecule has 2 aromatic rings. The van der Waals surface area contributed by atoms with Gasteiger partial charge in [-0.2, -0.15) is 0 Å². The van der Waals surface area contributed by atoms with Crippen LogP contribution in [0.3, 0.4) is 0 Å². The van der Waals surface area contributed by atoms with Gasteiger partial charge in [-0.1, -0.05) is 18.2 Å². The van der Waals surface area contributed by atoms with Crippen molar-refractivity contribution >= 4 is 5.97 Å². The predicted octanol–water partition coefficient (Wildman–Crippen LogP) is 3.41. The zero-order valence-corrected chi connectivity index (χ0v) is 10.4. The Kier molecular flexibility index (Phi) is 3.80. The van der Waals surface area contributed by atoms with Crippen molar-refractivity contribution in [3.8, 4) is 5.75 Å². The molecule has 0 fully saturated rings. The van der Waals surface area contributed by atoms with Crippen LogP contribution in [-0.2, 0) is 6.61 Å². The van der Waals surface area contributed by atoms with Crippen LogP contribution in [0.2, 0.25) is 0 Å². The van der Waals surface area contributed by atoms with E-state index in [9.17, 15) is 9.18 Å². The zero-order chi connectivity index (χ0) is 13.8. The van der Waals surface area contributed by atoms with Crippen molar-refractivity contribution in [2.24, 2.45) is 0 Å². The number of benzene rings is 2. The van der Waals surface area contributed by atoms with Crippen LogP contribution in [0.25, 0.3) is 0 Å². The van der Waals surface area contributed by atoms with Gasteiger partial charge in [-0.05, 0) is 36.8 Å². The van der Waals surface area contributed by atoms with E-state index in [1.807, 2.05) is 25.1 Å². The van der Waals surface area contributed by atoms with Crippen LogP contribution >= 0.6 is 0 Å². The van der Waals surface area contributed by atoms with E-state index in [-0.39, 0.29) is 12.2 Å². The molecular formula is C15H13FO3. The van der Waals surface area contributed by atoms with E-state index in [1.165, 1.54) is 12.1 Å². The zero-order valence-electron chi connectivity index (χ0n) is 10.4. The molecule has 2 rings (SSSR count). The standard InChI is InChI=1S/C15H13FO3/c1-10-3-2-4-13(7-10)19-9-11-5-6-12(16)8-14(11)15(17)18/h2-8H,9H2,1H3,(H,17,18). The normalized spacial score (nSPS) is 10.2. The van der Waals surface area contributed by atoms with Gasteiger partial charge in [0.05, 0.1) is 5.56 Å². The first-order valence-electron chi connectivity index (χ1n) is 5.77. The average molecular weight is 260 g/mol. The Morgan fingerprint density at radius 2 is 2.05 bits per heavy atom. The van der Waals surface area contributed by atoms with E-state index in [0.717, 1.165) is 11.6 Å². The Hall–Kier alpha value is -2.36. The van der Waals surface area contributed by atoms with Gasteiger partial charge in [0.15, 0.2) is 0 Å². The minimum absolute atomic E-state index is 0.0762. The number of ether oxygens (including phenoxy) is 1. The molecule has 0 saturated carbocycles. The third-order valence-electron chi connectivity index (χ3n) is 2.69. The summed E-state index contributed by atoms with van der Waals surface area (Å²) < 4.78 is 18.5. The number of rotatable bonds is 4. The van der Waals surface area contributed by atoms with Crippen molar-refractivity contribution in [3.05, 3.63) is 65.0 Å².